The molecule has 2 aromatic carbocycles. The van der Waals surface area contributed by atoms with Crippen molar-refractivity contribution in [3.8, 4) is 11.5 Å². The van der Waals surface area contributed by atoms with Crippen LogP contribution in [0.2, 0.25) is 0 Å². The maximum absolute atomic E-state index is 13.6. The van der Waals surface area contributed by atoms with Gasteiger partial charge in [0.15, 0.2) is 23.1 Å². The number of allylic oxidation sites excluding steroid dienone is 4. The van der Waals surface area contributed by atoms with Gasteiger partial charge in [-0.1, -0.05) is 18.2 Å². The quantitative estimate of drug-likeness (QED) is 0.256. The van der Waals surface area contributed by atoms with Crippen LogP contribution in [0.5, 0.6) is 11.5 Å². The van der Waals surface area contributed by atoms with Crippen LogP contribution in [0, 0.1) is 13.8 Å². The number of halogens is 1. The van der Waals surface area contributed by atoms with Crippen molar-refractivity contribution in [2.45, 2.75) is 78.2 Å². The van der Waals surface area contributed by atoms with E-state index in [9.17, 15) is 9.59 Å². The number of nitrogens with zero attached hydrogens (tertiary/aromatic N) is 1. The summed E-state index contributed by atoms with van der Waals surface area (Å²) in [5.41, 5.74) is 8.16. The van der Waals surface area contributed by atoms with E-state index < -0.39 is 5.92 Å². The summed E-state index contributed by atoms with van der Waals surface area (Å²) in [7, 11) is 1.71. The molecule has 2 aliphatic carbocycles. The van der Waals surface area contributed by atoms with E-state index in [4.69, 9.17) is 14.2 Å². The molecule has 0 fully saturated rings. The predicted molar refractivity (Wildman–Crippen MR) is 163 cm³/mol. The van der Waals surface area contributed by atoms with Gasteiger partial charge in [0, 0.05) is 61.6 Å². The van der Waals surface area contributed by atoms with Crippen LogP contribution < -0.4 is 9.47 Å². The molecule has 1 aliphatic heterocycles. The van der Waals surface area contributed by atoms with Crippen molar-refractivity contribution >= 4 is 27.5 Å². The van der Waals surface area contributed by atoms with Gasteiger partial charge in [-0.3, -0.25) is 9.59 Å². The van der Waals surface area contributed by atoms with E-state index in [1.54, 1.807) is 7.11 Å². The van der Waals surface area contributed by atoms with Gasteiger partial charge >= 0.3 is 0 Å². The van der Waals surface area contributed by atoms with Gasteiger partial charge in [-0.25, -0.2) is 0 Å². The number of carbonyl (C=O) groups excluding carboxylic acids is 2. The zero-order valence-electron chi connectivity index (χ0n) is 24.6. The van der Waals surface area contributed by atoms with E-state index in [0.29, 0.717) is 44.2 Å². The summed E-state index contributed by atoms with van der Waals surface area (Å²) in [6.07, 6.45) is 5.20. The Morgan fingerprint density at radius 3 is 2.20 bits per heavy atom. The predicted octanol–water partition coefficient (Wildman–Crippen LogP) is 7.49. The lowest BCUT2D eigenvalue weighted by Gasteiger charge is -2.44. The first-order valence-corrected chi connectivity index (χ1v) is 15.6. The normalized spacial score (nSPS) is 17.6. The van der Waals surface area contributed by atoms with Crippen molar-refractivity contribution < 1.29 is 23.8 Å². The molecule has 0 saturated carbocycles. The van der Waals surface area contributed by atoms with Crippen molar-refractivity contribution in [2.75, 3.05) is 26.9 Å². The molecule has 6 nitrogen and oxygen atoms in total. The van der Waals surface area contributed by atoms with Gasteiger partial charge in [0.2, 0.25) is 0 Å². The number of ether oxygens (including phenoxy) is 3. The van der Waals surface area contributed by atoms with Crippen molar-refractivity contribution in [3.05, 3.63) is 79.6 Å². The Labute approximate surface area is 251 Å². The molecule has 3 aliphatic rings. The number of aryl methyl sites for hydroxylation is 2. The second-order valence-electron chi connectivity index (χ2n) is 11.2. The number of methoxy groups -OCH3 is 1. The number of benzene rings is 2. The number of carbonyl (C=O) groups is 2. The van der Waals surface area contributed by atoms with Crippen molar-refractivity contribution in [3.63, 3.8) is 0 Å². The van der Waals surface area contributed by atoms with E-state index in [0.717, 1.165) is 76.8 Å². The molecular weight excluding hydrogens is 582 g/mol. The highest BCUT2D eigenvalue weighted by atomic mass is 79.9. The maximum atomic E-state index is 13.6. The molecule has 0 bridgehead atoms. The maximum Gasteiger partial charge on any atom is 0.175 e. The standard InChI is InChI=1S/C34H40BrNO5/c1-5-40-30-19-24(18-25(35)34(30)41-20-23-14-13-21(2)22(3)17-23)31-32-26(9-6-11-28(32)37)36(15-8-16-39-4)27-10-7-12-29(38)33(27)31/h13-14,17-19,31H,5-12,15-16,20H2,1-4H3. The second-order valence-corrected chi connectivity index (χ2v) is 12.0. The number of rotatable bonds is 10. The number of Topliss-reactive ketones (excluding diaryl/α,β-unsaturated/α-hetero) is 2. The molecule has 0 amide bonds. The third-order valence-corrected chi connectivity index (χ3v) is 9.03. The first-order chi connectivity index (χ1) is 19.8. The van der Waals surface area contributed by atoms with Crippen LogP contribution in [-0.4, -0.2) is 43.3 Å². The van der Waals surface area contributed by atoms with E-state index in [1.165, 1.54) is 11.1 Å². The highest BCUT2D eigenvalue weighted by Crippen LogP contribution is 2.51. The molecule has 0 saturated heterocycles. The fourth-order valence-electron chi connectivity index (χ4n) is 6.39. The summed E-state index contributed by atoms with van der Waals surface area (Å²) in [6.45, 7) is 8.40. The first kappa shape index (κ1) is 29.6. The molecule has 41 heavy (non-hydrogen) atoms. The zero-order valence-corrected chi connectivity index (χ0v) is 26.2. The lowest BCUT2D eigenvalue weighted by Crippen LogP contribution is -2.39. The van der Waals surface area contributed by atoms with Crippen molar-refractivity contribution in [1.29, 1.82) is 0 Å². The Kier molecular flexibility index (Phi) is 9.35. The molecule has 0 aromatic heterocycles. The second kappa shape index (κ2) is 13.0. The summed E-state index contributed by atoms with van der Waals surface area (Å²) in [6, 6.07) is 10.3. The van der Waals surface area contributed by atoms with Gasteiger partial charge in [0.25, 0.3) is 0 Å². The SMILES string of the molecule is CCOc1cc(C2C3=C(CCCC3=O)N(CCCOC)C3=C2C(=O)CCC3)cc(Br)c1OCc1ccc(C)c(C)c1. The van der Waals surface area contributed by atoms with Crippen molar-refractivity contribution in [2.24, 2.45) is 0 Å². The van der Waals surface area contributed by atoms with E-state index >= 15 is 0 Å². The van der Waals surface area contributed by atoms with Crippen LogP contribution in [-0.2, 0) is 20.9 Å². The Morgan fingerprint density at radius 1 is 0.902 bits per heavy atom. The third-order valence-electron chi connectivity index (χ3n) is 8.44. The first-order valence-electron chi connectivity index (χ1n) is 14.8. The minimum Gasteiger partial charge on any atom is -0.490 e. The van der Waals surface area contributed by atoms with Crippen molar-refractivity contribution in [1.82, 2.24) is 4.90 Å². The molecule has 0 unspecified atom stereocenters. The topological polar surface area (TPSA) is 65.1 Å². The smallest absolute Gasteiger partial charge is 0.175 e. The van der Waals surface area contributed by atoms with Crippen LogP contribution in [0.15, 0.2) is 57.3 Å². The monoisotopic (exact) mass is 621 g/mol. The Bertz CT molecular complexity index is 1360. The summed E-state index contributed by atoms with van der Waals surface area (Å²) in [4.78, 5) is 29.5. The van der Waals surface area contributed by atoms with Crippen LogP contribution in [0.4, 0.5) is 0 Å². The van der Waals surface area contributed by atoms with Crippen LogP contribution in [0.3, 0.4) is 0 Å². The summed E-state index contributed by atoms with van der Waals surface area (Å²) in [5, 5.41) is 0. The van der Waals surface area contributed by atoms with Crippen LogP contribution in [0.1, 0.15) is 80.0 Å². The third kappa shape index (κ3) is 6.02. The number of ketones is 2. The minimum atomic E-state index is -0.399. The van der Waals surface area contributed by atoms with Gasteiger partial charge < -0.3 is 19.1 Å². The van der Waals surface area contributed by atoms with Crippen LogP contribution >= 0.6 is 15.9 Å². The van der Waals surface area contributed by atoms with Gasteiger partial charge in [-0.05, 0) is 103 Å². The fraction of sp³-hybridized carbons (Fsp3) is 0.471. The van der Waals surface area contributed by atoms with Crippen LogP contribution in [0.25, 0.3) is 0 Å². The molecule has 0 spiro atoms. The summed E-state index contributed by atoms with van der Waals surface area (Å²) in [5.74, 6) is 1.12. The molecule has 2 aromatic rings. The Morgan fingerprint density at radius 2 is 1.59 bits per heavy atom. The highest BCUT2D eigenvalue weighted by Gasteiger charge is 2.43. The van der Waals surface area contributed by atoms with E-state index in [-0.39, 0.29) is 11.6 Å². The summed E-state index contributed by atoms with van der Waals surface area (Å²) < 4.78 is 18.5. The molecule has 7 heteroatoms. The molecule has 0 radical (unpaired) electrons. The van der Waals surface area contributed by atoms with E-state index in [2.05, 4.69) is 52.9 Å². The van der Waals surface area contributed by atoms with E-state index in [1.807, 2.05) is 19.1 Å². The van der Waals surface area contributed by atoms with Gasteiger partial charge in [0.05, 0.1) is 11.1 Å². The lowest BCUT2D eigenvalue weighted by atomic mass is 9.71. The zero-order chi connectivity index (χ0) is 29.1. The molecule has 0 atom stereocenters. The lowest BCUT2D eigenvalue weighted by molar-refractivity contribution is -0.117. The molecule has 1 heterocycles. The van der Waals surface area contributed by atoms with Gasteiger partial charge in [0.1, 0.15) is 6.61 Å². The average Bonchev–Trinajstić information content (AvgIpc) is 2.95. The molecule has 218 valence electrons. The minimum absolute atomic E-state index is 0.141. The van der Waals surface area contributed by atoms with Gasteiger partial charge in [-0.15, -0.1) is 0 Å². The number of hydrogen-bond donors (Lipinski definition) is 0. The van der Waals surface area contributed by atoms with Gasteiger partial charge in [-0.2, -0.15) is 0 Å². The Balaban J connectivity index is 1.58. The fourth-order valence-corrected chi connectivity index (χ4v) is 6.97. The summed E-state index contributed by atoms with van der Waals surface area (Å²) >= 11 is 3.76. The average molecular weight is 623 g/mol. The molecule has 5 rings (SSSR count). The Hall–Kier alpha value is -2.90. The largest absolute Gasteiger partial charge is 0.490 e. The highest BCUT2D eigenvalue weighted by molar-refractivity contribution is 9.10. The molecule has 0 N–H and O–H groups in total. The number of hydrogen-bond acceptors (Lipinski definition) is 6. The molecular formula is C34H40BrNO5.